The summed E-state index contributed by atoms with van der Waals surface area (Å²) in [7, 11) is 0. The first-order chi connectivity index (χ1) is 7.47. The van der Waals surface area contributed by atoms with Gasteiger partial charge in [0.1, 0.15) is 0 Å². The molecule has 2 heteroatoms. The summed E-state index contributed by atoms with van der Waals surface area (Å²) in [5, 5.41) is 8.56. The minimum absolute atomic E-state index is 0.114. The quantitative estimate of drug-likeness (QED) is 0.721. The van der Waals surface area contributed by atoms with Crippen LogP contribution in [0, 0.1) is 23.7 Å². The van der Waals surface area contributed by atoms with Crippen LogP contribution in [0.4, 0.5) is 0 Å². The average molecular weight is 215 g/mol. The molecule has 16 heavy (non-hydrogen) atoms. The Hall–Kier alpha value is -1.62. The Kier molecular flexibility index (Phi) is 3.84. The molecule has 0 fully saturated rings. The van der Waals surface area contributed by atoms with Crippen LogP contribution in [-0.2, 0) is 0 Å². The Balaban J connectivity index is 2.85. The Morgan fingerprint density at radius 1 is 1.31 bits per heavy atom. The van der Waals surface area contributed by atoms with Gasteiger partial charge in [0.15, 0.2) is 5.78 Å². The highest BCUT2D eigenvalue weighted by molar-refractivity contribution is 6.00. The van der Waals surface area contributed by atoms with Crippen molar-refractivity contribution in [3.05, 3.63) is 35.4 Å². The van der Waals surface area contributed by atoms with E-state index in [0.29, 0.717) is 12.8 Å². The van der Waals surface area contributed by atoms with Gasteiger partial charge in [-0.25, -0.2) is 0 Å². The van der Waals surface area contributed by atoms with Crippen molar-refractivity contribution in [2.45, 2.75) is 33.6 Å². The van der Waals surface area contributed by atoms with Crippen molar-refractivity contribution in [2.24, 2.45) is 5.41 Å². The van der Waals surface area contributed by atoms with E-state index in [9.17, 15) is 4.79 Å². The molecular formula is C14H17NO. The minimum atomic E-state index is -0.453. The van der Waals surface area contributed by atoms with Gasteiger partial charge >= 0.3 is 0 Å². The second-order valence-electron chi connectivity index (χ2n) is 4.74. The molecule has 1 aromatic carbocycles. The van der Waals surface area contributed by atoms with E-state index in [0.717, 1.165) is 11.1 Å². The van der Waals surface area contributed by atoms with Gasteiger partial charge in [0.25, 0.3) is 0 Å². The first kappa shape index (κ1) is 12.4. The number of ketones is 1. The SMILES string of the molecule is Cc1ccc(C(=O)C(C)(C)CCC#N)cc1. The molecule has 0 aliphatic rings. The van der Waals surface area contributed by atoms with Gasteiger partial charge in [-0.15, -0.1) is 0 Å². The highest BCUT2D eigenvalue weighted by atomic mass is 16.1. The molecule has 0 aliphatic carbocycles. The lowest BCUT2D eigenvalue weighted by atomic mass is 9.80. The number of nitrogens with zero attached hydrogens (tertiary/aromatic N) is 1. The third-order valence-corrected chi connectivity index (χ3v) is 2.79. The zero-order chi connectivity index (χ0) is 12.2. The lowest BCUT2D eigenvalue weighted by molar-refractivity contribution is 0.0828. The molecule has 0 amide bonds. The zero-order valence-corrected chi connectivity index (χ0v) is 10.1. The lowest BCUT2D eigenvalue weighted by Crippen LogP contribution is -2.24. The Morgan fingerprint density at radius 3 is 2.38 bits per heavy atom. The molecule has 0 N–H and O–H groups in total. The van der Waals surface area contributed by atoms with E-state index in [1.807, 2.05) is 45.0 Å². The summed E-state index contributed by atoms with van der Waals surface area (Å²) < 4.78 is 0. The number of aryl methyl sites for hydroxylation is 1. The summed E-state index contributed by atoms with van der Waals surface area (Å²) in [6, 6.07) is 9.67. The van der Waals surface area contributed by atoms with Crippen molar-refractivity contribution in [1.82, 2.24) is 0 Å². The van der Waals surface area contributed by atoms with Crippen LogP contribution in [0.2, 0.25) is 0 Å². The summed E-state index contributed by atoms with van der Waals surface area (Å²) in [4.78, 5) is 12.2. The van der Waals surface area contributed by atoms with Crippen molar-refractivity contribution in [1.29, 1.82) is 5.26 Å². The number of benzene rings is 1. The van der Waals surface area contributed by atoms with E-state index in [2.05, 4.69) is 6.07 Å². The first-order valence-electron chi connectivity index (χ1n) is 5.46. The molecule has 0 saturated heterocycles. The number of carbonyl (C=O) groups excluding carboxylic acids is 1. The summed E-state index contributed by atoms with van der Waals surface area (Å²) >= 11 is 0. The predicted molar refractivity (Wildman–Crippen MR) is 64.1 cm³/mol. The monoisotopic (exact) mass is 215 g/mol. The van der Waals surface area contributed by atoms with E-state index in [-0.39, 0.29) is 5.78 Å². The molecule has 84 valence electrons. The standard InChI is InChI=1S/C14H17NO/c1-11-5-7-12(8-6-11)13(16)14(2,3)9-4-10-15/h5-8H,4,9H2,1-3H3. The average Bonchev–Trinajstić information content (AvgIpc) is 2.26. The molecule has 0 saturated carbocycles. The highest BCUT2D eigenvalue weighted by Gasteiger charge is 2.27. The van der Waals surface area contributed by atoms with Crippen LogP contribution >= 0.6 is 0 Å². The van der Waals surface area contributed by atoms with Crippen LogP contribution in [0.1, 0.15) is 42.6 Å². The topological polar surface area (TPSA) is 40.9 Å². The smallest absolute Gasteiger partial charge is 0.168 e. The summed E-state index contributed by atoms with van der Waals surface area (Å²) in [5.41, 5.74) is 1.42. The molecule has 0 spiro atoms. The van der Waals surface area contributed by atoms with Crippen LogP contribution in [0.3, 0.4) is 0 Å². The van der Waals surface area contributed by atoms with Gasteiger partial charge in [-0.3, -0.25) is 4.79 Å². The van der Waals surface area contributed by atoms with E-state index in [1.54, 1.807) is 0 Å². The summed E-state index contributed by atoms with van der Waals surface area (Å²) in [5.74, 6) is 0.114. The van der Waals surface area contributed by atoms with Gasteiger partial charge in [-0.05, 0) is 13.3 Å². The van der Waals surface area contributed by atoms with E-state index >= 15 is 0 Å². The maximum atomic E-state index is 12.2. The van der Waals surface area contributed by atoms with Crippen LogP contribution in [0.25, 0.3) is 0 Å². The normalized spacial score (nSPS) is 10.9. The molecular weight excluding hydrogens is 198 g/mol. The van der Waals surface area contributed by atoms with Crippen molar-refractivity contribution in [3.63, 3.8) is 0 Å². The van der Waals surface area contributed by atoms with Gasteiger partial charge < -0.3 is 0 Å². The van der Waals surface area contributed by atoms with Gasteiger partial charge in [0.05, 0.1) is 6.07 Å². The molecule has 0 aromatic heterocycles. The van der Waals surface area contributed by atoms with Gasteiger partial charge in [0, 0.05) is 17.4 Å². The molecule has 0 heterocycles. The molecule has 0 atom stereocenters. The van der Waals surface area contributed by atoms with Crippen LogP contribution in [0.15, 0.2) is 24.3 Å². The number of hydrogen-bond acceptors (Lipinski definition) is 2. The van der Waals surface area contributed by atoms with Crippen molar-refractivity contribution >= 4 is 5.78 Å². The number of carbonyl (C=O) groups is 1. The van der Waals surface area contributed by atoms with Crippen LogP contribution in [0.5, 0.6) is 0 Å². The highest BCUT2D eigenvalue weighted by Crippen LogP contribution is 2.27. The van der Waals surface area contributed by atoms with Crippen LogP contribution < -0.4 is 0 Å². The molecule has 2 nitrogen and oxygen atoms in total. The zero-order valence-electron chi connectivity index (χ0n) is 10.1. The van der Waals surface area contributed by atoms with Gasteiger partial charge in [-0.2, -0.15) is 5.26 Å². The lowest BCUT2D eigenvalue weighted by Gasteiger charge is -2.21. The molecule has 1 aromatic rings. The van der Waals surface area contributed by atoms with E-state index in [1.165, 1.54) is 0 Å². The summed E-state index contributed by atoms with van der Waals surface area (Å²) in [6.07, 6.45) is 1.03. The second-order valence-corrected chi connectivity index (χ2v) is 4.74. The predicted octanol–water partition coefficient (Wildman–Crippen LogP) is 3.51. The van der Waals surface area contributed by atoms with Crippen LogP contribution in [-0.4, -0.2) is 5.78 Å². The van der Waals surface area contributed by atoms with Crippen molar-refractivity contribution in [3.8, 4) is 6.07 Å². The Labute approximate surface area is 96.9 Å². The second kappa shape index (κ2) is 4.94. The number of Topliss-reactive ketones (excluding diaryl/α,β-unsaturated/α-hetero) is 1. The van der Waals surface area contributed by atoms with E-state index in [4.69, 9.17) is 5.26 Å². The molecule has 0 aliphatic heterocycles. The fourth-order valence-corrected chi connectivity index (χ4v) is 1.58. The molecule has 0 radical (unpaired) electrons. The largest absolute Gasteiger partial charge is 0.294 e. The third-order valence-electron chi connectivity index (χ3n) is 2.79. The van der Waals surface area contributed by atoms with E-state index < -0.39 is 5.41 Å². The third kappa shape index (κ3) is 2.93. The Bertz CT molecular complexity index is 409. The summed E-state index contributed by atoms with van der Waals surface area (Å²) in [6.45, 7) is 5.79. The molecule has 0 bridgehead atoms. The minimum Gasteiger partial charge on any atom is -0.294 e. The maximum Gasteiger partial charge on any atom is 0.168 e. The fourth-order valence-electron chi connectivity index (χ4n) is 1.58. The number of rotatable bonds is 4. The van der Waals surface area contributed by atoms with Gasteiger partial charge in [-0.1, -0.05) is 43.7 Å². The molecule has 1 rings (SSSR count). The Morgan fingerprint density at radius 2 is 1.88 bits per heavy atom. The first-order valence-corrected chi connectivity index (χ1v) is 5.46. The maximum absolute atomic E-state index is 12.2. The number of hydrogen-bond donors (Lipinski definition) is 0. The molecule has 0 unspecified atom stereocenters. The van der Waals surface area contributed by atoms with Crippen molar-refractivity contribution in [2.75, 3.05) is 0 Å². The fraction of sp³-hybridized carbons (Fsp3) is 0.429. The number of nitriles is 1. The van der Waals surface area contributed by atoms with Crippen molar-refractivity contribution < 1.29 is 4.79 Å². The van der Waals surface area contributed by atoms with Gasteiger partial charge in [0.2, 0.25) is 0 Å².